The Morgan fingerprint density at radius 1 is 1.04 bits per heavy atom. The molecular weight excluding hydrogens is 342 g/mol. The molecule has 144 valence electrons. The quantitative estimate of drug-likeness (QED) is 0.396. The normalized spacial score (nSPS) is 11.2. The fourth-order valence-electron chi connectivity index (χ4n) is 1.85. The minimum Gasteiger partial charge on any atom is -0.491 e. The van der Waals surface area contributed by atoms with Gasteiger partial charge in [-0.2, -0.15) is 0 Å². The Morgan fingerprint density at radius 3 is 2.19 bits per heavy atom. The minimum absolute atomic E-state index is 0.00866. The third kappa shape index (κ3) is 6.62. The number of esters is 1. The Kier molecular flexibility index (Phi) is 8.97. The summed E-state index contributed by atoms with van der Waals surface area (Å²) in [7, 11) is 1.06. The molecule has 0 spiro atoms. The van der Waals surface area contributed by atoms with Gasteiger partial charge in [0, 0.05) is 6.54 Å². The molecule has 8 nitrogen and oxygen atoms in total. The summed E-state index contributed by atoms with van der Waals surface area (Å²) in [6.07, 6.45) is 0.121. The SMILES string of the molecule is CCC(C)Oc1ccc(OCCOC(=O)N(CC)C(=O)C(=O)OC)cc1. The molecule has 1 unspecified atom stereocenters. The molecule has 0 fully saturated rings. The summed E-state index contributed by atoms with van der Waals surface area (Å²) >= 11 is 0. The highest BCUT2D eigenvalue weighted by Gasteiger charge is 2.27. The van der Waals surface area contributed by atoms with E-state index in [1.165, 1.54) is 0 Å². The molecule has 0 N–H and O–H groups in total. The average Bonchev–Trinajstić information content (AvgIpc) is 2.66. The van der Waals surface area contributed by atoms with E-state index in [1.807, 2.05) is 13.8 Å². The van der Waals surface area contributed by atoms with E-state index in [1.54, 1.807) is 31.2 Å². The van der Waals surface area contributed by atoms with Crippen LogP contribution >= 0.6 is 0 Å². The standard InChI is InChI=1S/C18H25NO7/c1-5-13(3)26-15-9-7-14(8-10-15)24-11-12-25-18(22)19(6-2)16(20)17(21)23-4/h7-10,13H,5-6,11-12H2,1-4H3. The van der Waals surface area contributed by atoms with Crippen LogP contribution < -0.4 is 9.47 Å². The van der Waals surface area contributed by atoms with Gasteiger partial charge in [0.1, 0.15) is 24.7 Å². The number of carbonyl (C=O) groups is 3. The van der Waals surface area contributed by atoms with Crippen molar-refractivity contribution >= 4 is 18.0 Å². The molecule has 1 aromatic rings. The lowest BCUT2D eigenvalue weighted by molar-refractivity contribution is -0.157. The van der Waals surface area contributed by atoms with Crippen molar-refractivity contribution in [2.45, 2.75) is 33.3 Å². The van der Waals surface area contributed by atoms with Crippen LogP contribution in [-0.2, 0) is 19.1 Å². The Hall–Kier alpha value is -2.77. The molecule has 1 rings (SSSR count). The molecular formula is C18H25NO7. The van der Waals surface area contributed by atoms with Gasteiger partial charge >= 0.3 is 18.0 Å². The van der Waals surface area contributed by atoms with Crippen LogP contribution in [0.5, 0.6) is 11.5 Å². The molecule has 0 heterocycles. The van der Waals surface area contributed by atoms with Crippen molar-refractivity contribution < 1.29 is 33.3 Å². The topological polar surface area (TPSA) is 91.4 Å². The van der Waals surface area contributed by atoms with E-state index in [0.29, 0.717) is 10.6 Å². The Morgan fingerprint density at radius 2 is 1.65 bits per heavy atom. The molecule has 0 aliphatic carbocycles. The van der Waals surface area contributed by atoms with Crippen LogP contribution in [0.4, 0.5) is 4.79 Å². The van der Waals surface area contributed by atoms with Crippen molar-refractivity contribution in [1.29, 1.82) is 0 Å². The summed E-state index contributed by atoms with van der Waals surface area (Å²) < 4.78 is 20.4. The van der Waals surface area contributed by atoms with Crippen molar-refractivity contribution in [2.75, 3.05) is 26.9 Å². The summed E-state index contributed by atoms with van der Waals surface area (Å²) in [6.45, 7) is 5.59. The third-order valence-electron chi connectivity index (χ3n) is 3.46. The zero-order valence-corrected chi connectivity index (χ0v) is 15.5. The van der Waals surface area contributed by atoms with Crippen LogP contribution in [0.3, 0.4) is 0 Å². The van der Waals surface area contributed by atoms with Crippen LogP contribution in [0.15, 0.2) is 24.3 Å². The molecule has 8 heteroatoms. The van der Waals surface area contributed by atoms with E-state index in [4.69, 9.17) is 14.2 Å². The molecule has 0 saturated heterocycles. The molecule has 0 aliphatic rings. The number of hydrogen-bond acceptors (Lipinski definition) is 7. The predicted molar refractivity (Wildman–Crippen MR) is 93.1 cm³/mol. The largest absolute Gasteiger partial charge is 0.491 e. The van der Waals surface area contributed by atoms with Gasteiger partial charge in [0.15, 0.2) is 0 Å². The second-order valence-electron chi connectivity index (χ2n) is 5.31. The van der Waals surface area contributed by atoms with Gasteiger partial charge < -0.3 is 18.9 Å². The van der Waals surface area contributed by atoms with Crippen molar-refractivity contribution in [2.24, 2.45) is 0 Å². The summed E-state index contributed by atoms with van der Waals surface area (Å²) in [5, 5.41) is 0. The van der Waals surface area contributed by atoms with Gasteiger partial charge in [0.2, 0.25) is 0 Å². The van der Waals surface area contributed by atoms with Gasteiger partial charge in [0.25, 0.3) is 0 Å². The third-order valence-corrected chi connectivity index (χ3v) is 3.46. The number of rotatable bonds is 8. The zero-order valence-electron chi connectivity index (χ0n) is 15.5. The number of ether oxygens (including phenoxy) is 4. The van der Waals surface area contributed by atoms with E-state index >= 15 is 0 Å². The molecule has 0 saturated carbocycles. The van der Waals surface area contributed by atoms with E-state index < -0.39 is 18.0 Å². The van der Waals surface area contributed by atoms with Crippen molar-refractivity contribution in [3.05, 3.63) is 24.3 Å². The first-order valence-electron chi connectivity index (χ1n) is 8.38. The monoisotopic (exact) mass is 367 g/mol. The number of imide groups is 1. The lowest BCUT2D eigenvalue weighted by Gasteiger charge is -2.17. The van der Waals surface area contributed by atoms with E-state index in [-0.39, 0.29) is 25.9 Å². The number of amides is 2. The fraction of sp³-hybridized carbons (Fsp3) is 0.500. The number of hydrogen-bond donors (Lipinski definition) is 0. The Labute approximate surface area is 153 Å². The first-order chi connectivity index (χ1) is 12.4. The summed E-state index contributed by atoms with van der Waals surface area (Å²) in [6, 6.07) is 7.08. The molecule has 0 aromatic heterocycles. The van der Waals surface area contributed by atoms with Gasteiger partial charge in [-0.05, 0) is 44.5 Å². The highest BCUT2D eigenvalue weighted by molar-refractivity contribution is 6.34. The van der Waals surface area contributed by atoms with Crippen LogP contribution in [0.1, 0.15) is 27.2 Å². The Bertz CT molecular complexity index is 600. The van der Waals surface area contributed by atoms with Gasteiger partial charge in [-0.15, -0.1) is 0 Å². The van der Waals surface area contributed by atoms with Crippen LogP contribution in [0, 0.1) is 0 Å². The van der Waals surface area contributed by atoms with Crippen molar-refractivity contribution in [3.63, 3.8) is 0 Å². The number of likely N-dealkylation sites (N-methyl/N-ethyl adjacent to an activating group) is 1. The second kappa shape index (κ2) is 11.0. The summed E-state index contributed by atoms with van der Waals surface area (Å²) in [4.78, 5) is 35.3. The van der Waals surface area contributed by atoms with Gasteiger partial charge in [-0.25, -0.2) is 14.5 Å². The van der Waals surface area contributed by atoms with Crippen LogP contribution in [-0.4, -0.2) is 55.8 Å². The van der Waals surface area contributed by atoms with Gasteiger partial charge in [-0.1, -0.05) is 6.92 Å². The highest BCUT2D eigenvalue weighted by atomic mass is 16.6. The predicted octanol–water partition coefficient (Wildman–Crippen LogP) is 2.40. The molecule has 0 aliphatic heterocycles. The van der Waals surface area contributed by atoms with Crippen molar-refractivity contribution in [1.82, 2.24) is 4.90 Å². The van der Waals surface area contributed by atoms with Crippen molar-refractivity contribution in [3.8, 4) is 11.5 Å². The van der Waals surface area contributed by atoms with Crippen LogP contribution in [0.25, 0.3) is 0 Å². The maximum atomic E-state index is 11.8. The molecule has 0 bridgehead atoms. The maximum Gasteiger partial charge on any atom is 0.417 e. The summed E-state index contributed by atoms with van der Waals surface area (Å²) in [5.74, 6) is -0.855. The second-order valence-corrected chi connectivity index (χ2v) is 5.31. The molecule has 1 aromatic carbocycles. The molecule has 0 radical (unpaired) electrons. The molecule has 1 atom stereocenters. The highest BCUT2D eigenvalue weighted by Crippen LogP contribution is 2.19. The van der Waals surface area contributed by atoms with Crippen LogP contribution in [0.2, 0.25) is 0 Å². The fourth-order valence-corrected chi connectivity index (χ4v) is 1.85. The Balaban J connectivity index is 2.40. The average molecular weight is 367 g/mol. The van der Waals surface area contributed by atoms with E-state index in [9.17, 15) is 14.4 Å². The molecule has 2 amide bonds. The zero-order chi connectivity index (χ0) is 19.5. The number of benzene rings is 1. The molecule has 26 heavy (non-hydrogen) atoms. The van der Waals surface area contributed by atoms with E-state index in [2.05, 4.69) is 4.74 Å². The lowest BCUT2D eigenvalue weighted by atomic mass is 10.3. The maximum absolute atomic E-state index is 11.8. The smallest absolute Gasteiger partial charge is 0.417 e. The number of carbonyl (C=O) groups excluding carboxylic acids is 3. The first kappa shape index (κ1) is 21.3. The lowest BCUT2D eigenvalue weighted by Crippen LogP contribution is -2.42. The number of methoxy groups -OCH3 is 1. The van der Waals surface area contributed by atoms with Gasteiger partial charge in [0.05, 0.1) is 13.2 Å². The van der Waals surface area contributed by atoms with E-state index in [0.717, 1.165) is 19.3 Å². The minimum atomic E-state index is -1.13. The summed E-state index contributed by atoms with van der Waals surface area (Å²) in [5.41, 5.74) is 0. The number of nitrogens with zero attached hydrogens (tertiary/aromatic N) is 1. The van der Waals surface area contributed by atoms with Gasteiger partial charge in [-0.3, -0.25) is 4.79 Å². The first-order valence-corrected chi connectivity index (χ1v) is 8.38.